The molecule has 0 bridgehead atoms. The first-order valence-corrected chi connectivity index (χ1v) is 10.3. The van der Waals surface area contributed by atoms with Crippen molar-refractivity contribution in [1.82, 2.24) is 19.4 Å². The Hall–Kier alpha value is -2.73. The zero-order chi connectivity index (χ0) is 20.2. The number of carbonyl (C=O) groups is 1. The van der Waals surface area contributed by atoms with E-state index in [4.69, 9.17) is 9.72 Å². The van der Waals surface area contributed by atoms with E-state index in [-0.39, 0.29) is 5.91 Å². The number of hydrogen-bond acceptors (Lipinski definition) is 4. The van der Waals surface area contributed by atoms with Crippen molar-refractivity contribution < 1.29 is 9.53 Å². The van der Waals surface area contributed by atoms with Crippen molar-refractivity contribution in [3.8, 4) is 0 Å². The molecular weight excluding hydrogens is 364 g/mol. The molecule has 0 aliphatic carbocycles. The van der Waals surface area contributed by atoms with Gasteiger partial charge in [0.05, 0.1) is 13.0 Å². The fourth-order valence-corrected chi connectivity index (χ4v) is 4.17. The van der Waals surface area contributed by atoms with Crippen LogP contribution in [0.3, 0.4) is 0 Å². The van der Waals surface area contributed by atoms with E-state index in [1.54, 1.807) is 13.3 Å². The third-order valence-electron chi connectivity index (χ3n) is 5.65. The van der Waals surface area contributed by atoms with Gasteiger partial charge in [0.2, 0.25) is 5.91 Å². The molecule has 1 fully saturated rings. The molecule has 152 valence electrons. The molecule has 1 amide bonds. The van der Waals surface area contributed by atoms with Crippen molar-refractivity contribution >= 4 is 17.1 Å². The van der Waals surface area contributed by atoms with E-state index in [1.807, 2.05) is 29.2 Å². The number of fused-ring (bicyclic) bond motifs is 1. The van der Waals surface area contributed by atoms with Crippen molar-refractivity contribution in [3.05, 3.63) is 59.5 Å². The first kappa shape index (κ1) is 19.6. The highest BCUT2D eigenvalue weighted by molar-refractivity contribution is 5.79. The summed E-state index contributed by atoms with van der Waals surface area (Å²) in [4.78, 5) is 24.1. The largest absolute Gasteiger partial charge is 0.383 e. The maximum atomic E-state index is 12.8. The van der Waals surface area contributed by atoms with Gasteiger partial charge in [-0.1, -0.05) is 29.8 Å². The third-order valence-corrected chi connectivity index (χ3v) is 5.65. The summed E-state index contributed by atoms with van der Waals surface area (Å²) in [5.74, 6) is 1.68. The average molecular weight is 393 g/mol. The third kappa shape index (κ3) is 4.48. The zero-order valence-electron chi connectivity index (χ0n) is 17.2. The number of pyridine rings is 1. The second kappa shape index (κ2) is 8.74. The number of rotatable bonds is 7. The van der Waals surface area contributed by atoms with Gasteiger partial charge in [0.15, 0.2) is 5.65 Å². The summed E-state index contributed by atoms with van der Waals surface area (Å²) in [6.07, 6.45) is 4.15. The molecule has 1 saturated heterocycles. The zero-order valence-corrected chi connectivity index (χ0v) is 17.2. The summed E-state index contributed by atoms with van der Waals surface area (Å²) in [6.45, 7) is 5.05. The fraction of sp³-hybridized carbons (Fsp3) is 0.435. The number of benzene rings is 1. The monoisotopic (exact) mass is 392 g/mol. The minimum Gasteiger partial charge on any atom is -0.383 e. The molecule has 1 aromatic carbocycles. The Morgan fingerprint density at radius 2 is 2.17 bits per heavy atom. The Labute approximate surface area is 171 Å². The topological polar surface area (TPSA) is 60.2 Å². The number of ether oxygens (including phenoxy) is 1. The van der Waals surface area contributed by atoms with Gasteiger partial charge in [-0.2, -0.15) is 0 Å². The number of methoxy groups -OCH3 is 1. The number of hydrogen-bond donors (Lipinski definition) is 0. The van der Waals surface area contributed by atoms with E-state index in [2.05, 4.69) is 28.6 Å². The average Bonchev–Trinajstić information content (AvgIpc) is 3.31. The van der Waals surface area contributed by atoms with Crippen LogP contribution in [0.1, 0.15) is 23.4 Å². The SMILES string of the molecule is COCCn1c(CC2CCN(C(=O)Cc3cccc(C)c3)C2)nc2cccnc21. The number of aryl methyl sites for hydroxylation is 1. The highest BCUT2D eigenvalue weighted by atomic mass is 16.5. The minimum atomic E-state index is 0.215. The van der Waals surface area contributed by atoms with Gasteiger partial charge < -0.3 is 14.2 Å². The second-order valence-electron chi connectivity index (χ2n) is 7.88. The Kier molecular flexibility index (Phi) is 5.90. The van der Waals surface area contributed by atoms with Crippen LogP contribution in [0.25, 0.3) is 11.2 Å². The molecule has 0 radical (unpaired) electrons. The van der Waals surface area contributed by atoms with E-state index < -0.39 is 0 Å². The number of carbonyl (C=O) groups excluding carboxylic acids is 1. The minimum absolute atomic E-state index is 0.215. The van der Waals surface area contributed by atoms with Gasteiger partial charge in [-0.3, -0.25) is 4.79 Å². The molecule has 2 aromatic heterocycles. The lowest BCUT2D eigenvalue weighted by Crippen LogP contribution is -2.30. The quantitative estimate of drug-likeness (QED) is 0.620. The van der Waals surface area contributed by atoms with Crippen molar-refractivity contribution in [1.29, 1.82) is 0 Å². The van der Waals surface area contributed by atoms with Crippen LogP contribution in [0, 0.1) is 12.8 Å². The Balaban J connectivity index is 1.43. The van der Waals surface area contributed by atoms with E-state index in [0.29, 0.717) is 18.9 Å². The Bertz CT molecular complexity index is 997. The maximum Gasteiger partial charge on any atom is 0.226 e. The molecule has 1 aliphatic heterocycles. The Morgan fingerprint density at radius 3 is 3.00 bits per heavy atom. The highest BCUT2D eigenvalue weighted by Gasteiger charge is 2.28. The van der Waals surface area contributed by atoms with Crippen LogP contribution in [0.5, 0.6) is 0 Å². The van der Waals surface area contributed by atoms with Crippen LogP contribution in [0.15, 0.2) is 42.6 Å². The normalized spacial score (nSPS) is 16.6. The summed E-state index contributed by atoms with van der Waals surface area (Å²) in [5.41, 5.74) is 4.11. The maximum absolute atomic E-state index is 12.8. The van der Waals surface area contributed by atoms with Crippen molar-refractivity contribution in [2.75, 3.05) is 26.8 Å². The summed E-state index contributed by atoms with van der Waals surface area (Å²) in [6, 6.07) is 12.1. The summed E-state index contributed by atoms with van der Waals surface area (Å²) in [7, 11) is 1.71. The van der Waals surface area contributed by atoms with Crippen LogP contribution >= 0.6 is 0 Å². The molecule has 29 heavy (non-hydrogen) atoms. The number of aromatic nitrogens is 3. The first-order chi connectivity index (χ1) is 14.1. The summed E-state index contributed by atoms with van der Waals surface area (Å²) < 4.78 is 7.44. The van der Waals surface area contributed by atoms with Gasteiger partial charge in [-0.05, 0) is 37.0 Å². The molecular formula is C23H28N4O2. The smallest absolute Gasteiger partial charge is 0.226 e. The van der Waals surface area contributed by atoms with E-state index in [9.17, 15) is 4.79 Å². The number of nitrogens with zero attached hydrogens (tertiary/aromatic N) is 4. The van der Waals surface area contributed by atoms with Crippen molar-refractivity contribution in [2.24, 2.45) is 5.92 Å². The molecule has 6 heteroatoms. The van der Waals surface area contributed by atoms with Crippen molar-refractivity contribution in [3.63, 3.8) is 0 Å². The second-order valence-corrected chi connectivity index (χ2v) is 7.88. The van der Waals surface area contributed by atoms with Crippen LogP contribution < -0.4 is 0 Å². The molecule has 1 atom stereocenters. The van der Waals surface area contributed by atoms with Crippen molar-refractivity contribution in [2.45, 2.75) is 32.7 Å². The lowest BCUT2D eigenvalue weighted by Gasteiger charge is -2.17. The van der Waals surface area contributed by atoms with Gasteiger partial charge in [0, 0.05) is 39.4 Å². The summed E-state index contributed by atoms with van der Waals surface area (Å²) >= 11 is 0. The molecule has 3 aromatic rings. The lowest BCUT2D eigenvalue weighted by molar-refractivity contribution is -0.129. The predicted molar refractivity (Wildman–Crippen MR) is 113 cm³/mol. The molecule has 0 saturated carbocycles. The molecule has 0 spiro atoms. The fourth-order valence-electron chi connectivity index (χ4n) is 4.17. The lowest BCUT2D eigenvalue weighted by atomic mass is 10.0. The number of amides is 1. The standard InChI is InChI=1S/C23H28N4O2/c1-17-5-3-6-18(13-17)15-22(28)26-10-8-19(16-26)14-21-25-20-7-4-9-24-23(20)27(21)11-12-29-2/h3-7,9,13,19H,8,10-12,14-16H2,1-2H3. The van der Waals surface area contributed by atoms with Gasteiger partial charge in [0.1, 0.15) is 11.3 Å². The van der Waals surface area contributed by atoms with E-state index >= 15 is 0 Å². The molecule has 1 unspecified atom stereocenters. The summed E-state index contributed by atoms with van der Waals surface area (Å²) in [5, 5.41) is 0. The van der Waals surface area contributed by atoms with Gasteiger partial charge in [-0.25, -0.2) is 9.97 Å². The van der Waals surface area contributed by atoms with Crippen LogP contribution in [0.2, 0.25) is 0 Å². The molecule has 6 nitrogen and oxygen atoms in total. The van der Waals surface area contributed by atoms with Crippen LogP contribution in [-0.4, -0.2) is 52.1 Å². The van der Waals surface area contributed by atoms with E-state index in [1.165, 1.54) is 5.56 Å². The van der Waals surface area contributed by atoms with Gasteiger partial charge >= 0.3 is 0 Å². The van der Waals surface area contributed by atoms with Gasteiger partial charge in [-0.15, -0.1) is 0 Å². The molecule has 4 rings (SSSR count). The van der Waals surface area contributed by atoms with Crippen LogP contribution in [-0.2, 0) is 28.9 Å². The number of imidazole rings is 1. The molecule has 0 N–H and O–H groups in total. The first-order valence-electron chi connectivity index (χ1n) is 10.3. The van der Waals surface area contributed by atoms with Gasteiger partial charge in [0.25, 0.3) is 0 Å². The Morgan fingerprint density at radius 1 is 1.28 bits per heavy atom. The molecule has 1 aliphatic rings. The van der Waals surface area contributed by atoms with Crippen LogP contribution in [0.4, 0.5) is 0 Å². The van der Waals surface area contributed by atoms with E-state index in [0.717, 1.165) is 55.0 Å². The highest BCUT2D eigenvalue weighted by Crippen LogP contribution is 2.23. The molecule has 3 heterocycles. The predicted octanol–water partition coefficient (Wildman–Crippen LogP) is 3.02. The number of likely N-dealkylation sites (tertiary alicyclic amines) is 1.